The highest BCUT2D eigenvalue weighted by molar-refractivity contribution is 6.30. The number of nitrogens with one attached hydrogen (secondary N) is 1. The van der Waals surface area contributed by atoms with Crippen molar-refractivity contribution in [3.63, 3.8) is 0 Å². The van der Waals surface area contributed by atoms with E-state index >= 15 is 0 Å². The average Bonchev–Trinajstić information content (AvgIpc) is 2.42. The van der Waals surface area contributed by atoms with Crippen LogP contribution in [-0.2, 0) is 6.42 Å². The Balaban J connectivity index is 2.18. The Hall–Kier alpha value is -1.84. The van der Waals surface area contributed by atoms with Crippen molar-refractivity contribution in [3.05, 3.63) is 64.7 Å². The minimum atomic E-state index is -0.133. The van der Waals surface area contributed by atoms with Crippen molar-refractivity contribution in [1.29, 1.82) is 0 Å². The number of carbonyl (C=O) groups excluding carboxylic acids is 1. The molecule has 0 saturated heterocycles. The lowest BCUT2D eigenvalue weighted by molar-refractivity contribution is 0.102. The number of rotatable bonds is 4. The Kier molecular flexibility index (Phi) is 4.55. The van der Waals surface area contributed by atoms with Crippen LogP contribution >= 0.6 is 11.6 Å². The summed E-state index contributed by atoms with van der Waals surface area (Å²) in [5, 5.41) is 3.49. The van der Waals surface area contributed by atoms with Crippen molar-refractivity contribution in [1.82, 2.24) is 0 Å². The molecule has 0 heterocycles. The summed E-state index contributed by atoms with van der Waals surface area (Å²) >= 11 is 5.81. The van der Waals surface area contributed by atoms with Crippen LogP contribution in [0.4, 0.5) is 5.69 Å². The molecule has 0 radical (unpaired) electrons. The van der Waals surface area contributed by atoms with E-state index in [0.29, 0.717) is 23.6 Å². The van der Waals surface area contributed by atoms with Crippen molar-refractivity contribution in [2.24, 2.45) is 5.73 Å². The highest BCUT2D eigenvalue weighted by Gasteiger charge is 2.10. The van der Waals surface area contributed by atoms with Gasteiger partial charge in [-0.15, -0.1) is 0 Å². The Labute approximate surface area is 117 Å². The molecule has 19 heavy (non-hydrogen) atoms. The van der Waals surface area contributed by atoms with Crippen LogP contribution in [0.3, 0.4) is 0 Å². The molecule has 0 bridgehead atoms. The molecule has 0 aromatic heterocycles. The van der Waals surface area contributed by atoms with Crippen LogP contribution in [0, 0.1) is 0 Å². The zero-order chi connectivity index (χ0) is 13.7. The van der Waals surface area contributed by atoms with Crippen LogP contribution in [0.2, 0.25) is 5.02 Å². The lowest BCUT2D eigenvalue weighted by Gasteiger charge is -2.09. The Bertz CT molecular complexity index is 567. The molecule has 2 rings (SSSR count). The fourth-order valence-electron chi connectivity index (χ4n) is 1.85. The number of halogens is 1. The summed E-state index contributed by atoms with van der Waals surface area (Å²) in [7, 11) is 0. The molecule has 1 amide bonds. The summed E-state index contributed by atoms with van der Waals surface area (Å²) in [5.74, 6) is -0.133. The molecule has 0 atom stereocenters. The number of carbonyl (C=O) groups is 1. The summed E-state index contributed by atoms with van der Waals surface area (Å²) in [6, 6.07) is 14.5. The molecule has 0 unspecified atom stereocenters. The van der Waals surface area contributed by atoms with Crippen molar-refractivity contribution in [3.8, 4) is 0 Å². The van der Waals surface area contributed by atoms with Crippen molar-refractivity contribution in [2.45, 2.75) is 6.42 Å². The van der Waals surface area contributed by atoms with Gasteiger partial charge in [-0.25, -0.2) is 0 Å². The largest absolute Gasteiger partial charge is 0.330 e. The van der Waals surface area contributed by atoms with Crippen LogP contribution in [0.5, 0.6) is 0 Å². The van der Waals surface area contributed by atoms with Gasteiger partial charge in [-0.1, -0.05) is 29.8 Å². The maximum atomic E-state index is 12.2. The normalized spacial score (nSPS) is 10.2. The third-order valence-electron chi connectivity index (χ3n) is 2.78. The number of hydrogen-bond acceptors (Lipinski definition) is 2. The second-order valence-electron chi connectivity index (χ2n) is 4.16. The van der Waals surface area contributed by atoms with E-state index < -0.39 is 0 Å². The van der Waals surface area contributed by atoms with Gasteiger partial charge in [0.25, 0.3) is 5.91 Å². The van der Waals surface area contributed by atoms with Gasteiger partial charge >= 0.3 is 0 Å². The first-order valence-corrected chi connectivity index (χ1v) is 6.43. The smallest absolute Gasteiger partial charge is 0.255 e. The molecule has 2 aromatic rings. The fraction of sp³-hybridized carbons (Fsp3) is 0.133. The van der Waals surface area contributed by atoms with Crippen molar-refractivity contribution in [2.75, 3.05) is 11.9 Å². The molecule has 0 saturated carbocycles. The van der Waals surface area contributed by atoms with Crippen LogP contribution in [0.25, 0.3) is 0 Å². The number of anilines is 1. The highest BCUT2D eigenvalue weighted by atomic mass is 35.5. The van der Waals surface area contributed by atoms with Crippen LogP contribution < -0.4 is 11.1 Å². The molecular weight excluding hydrogens is 260 g/mol. The van der Waals surface area contributed by atoms with E-state index in [1.165, 1.54) is 0 Å². The molecular formula is C15H15ClN2O. The van der Waals surface area contributed by atoms with E-state index in [-0.39, 0.29) is 5.91 Å². The zero-order valence-corrected chi connectivity index (χ0v) is 11.2. The third-order valence-corrected chi connectivity index (χ3v) is 3.03. The van der Waals surface area contributed by atoms with Crippen LogP contribution in [0.1, 0.15) is 15.9 Å². The van der Waals surface area contributed by atoms with E-state index in [1.807, 2.05) is 18.2 Å². The van der Waals surface area contributed by atoms with E-state index in [4.69, 9.17) is 17.3 Å². The molecule has 0 spiro atoms. The molecule has 2 aromatic carbocycles. The molecule has 0 aliphatic heterocycles. The average molecular weight is 275 g/mol. The lowest BCUT2D eigenvalue weighted by Crippen LogP contribution is -2.15. The zero-order valence-electron chi connectivity index (χ0n) is 10.4. The Morgan fingerprint density at radius 3 is 2.47 bits per heavy atom. The minimum Gasteiger partial charge on any atom is -0.330 e. The monoisotopic (exact) mass is 274 g/mol. The number of benzene rings is 2. The topological polar surface area (TPSA) is 55.1 Å². The minimum absolute atomic E-state index is 0.133. The fourth-order valence-corrected chi connectivity index (χ4v) is 1.97. The second kappa shape index (κ2) is 6.36. The number of hydrogen-bond donors (Lipinski definition) is 2. The molecule has 3 nitrogen and oxygen atoms in total. The SMILES string of the molecule is NCCc1ccccc1C(=O)Nc1ccc(Cl)cc1. The van der Waals surface area contributed by atoms with Gasteiger partial charge in [0.15, 0.2) is 0 Å². The summed E-state index contributed by atoms with van der Waals surface area (Å²) in [6.45, 7) is 0.519. The van der Waals surface area contributed by atoms with Crippen LogP contribution in [0.15, 0.2) is 48.5 Å². The van der Waals surface area contributed by atoms with Gasteiger partial charge in [-0.2, -0.15) is 0 Å². The van der Waals surface area contributed by atoms with Gasteiger partial charge in [-0.05, 0) is 48.9 Å². The first-order valence-electron chi connectivity index (χ1n) is 6.05. The van der Waals surface area contributed by atoms with Gasteiger partial charge in [0.05, 0.1) is 0 Å². The van der Waals surface area contributed by atoms with Gasteiger partial charge in [0.2, 0.25) is 0 Å². The van der Waals surface area contributed by atoms with Gasteiger partial charge in [-0.3, -0.25) is 4.79 Å². The molecule has 4 heteroatoms. The third kappa shape index (κ3) is 3.56. The van der Waals surface area contributed by atoms with E-state index in [1.54, 1.807) is 30.3 Å². The first kappa shape index (κ1) is 13.6. The van der Waals surface area contributed by atoms with Gasteiger partial charge in [0, 0.05) is 16.3 Å². The first-order chi connectivity index (χ1) is 9.20. The lowest BCUT2D eigenvalue weighted by atomic mass is 10.0. The van der Waals surface area contributed by atoms with E-state index in [2.05, 4.69) is 5.32 Å². The standard InChI is InChI=1S/C15H15ClN2O/c16-12-5-7-13(8-6-12)18-15(19)14-4-2-1-3-11(14)9-10-17/h1-8H,9-10,17H2,(H,18,19). The summed E-state index contributed by atoms with van der Waals surface area (Å²) in [4.78, 5) is 12.2. The molecule has 98 valence electrons. The summed E-state index contributed by atoms with van der Waals surface area (Å²) in [5.41, 5.74) is 7.88. The van der Waals surface area contributed by atoms with Gasteiger partial charge < -0.3 is 11.1 Å². The Morgan fingerprint density at radius 1 is 1.11 bits per heavy atom. The highest BCUT2D eigenvalue weighted by Crippen LogP contribution is 2.16. The van der Waals surface area contributed by atoms with Crippen LogP contribution in [-0.4, -0.2) is 12.5 Å². The molecule has 3 N–H and O–H groups in total. The predicted molar refractivity (Wildman–Crippen MR) is 78.6 cm³/mol. The number of nitrogens with two attached hydrogens (primary N) is 1. The van der Waals surface area contributed by atoms with Crippen molar-refractivity contribution < 1.29 is 4.79 Å². The van der Waals surface area contributed by atoms with Gasteiger partial charge in [0.1, 0.15) is 0 Å². The Morgan fingerprint density at radius 2 is 1.79 bits per heavy atom. The van der Waals surface area contributed by atoms with E-state index in [9.17, 15) is 4.79 Å². The maximum Gasteiger partial charge on any atom is 0.255 e. The summed E-state index contributed by atoms with van der Waals surface area (Å²) < 4.78 is 0. The number of amides is 1. The molecule has 0 fully saturated rings. The molecule has 0 aliphatic rings. The molecule has 0 aliphatic carbocycles. The predicted octanol–water partition coefficient (Wildman–Crippen LogP) is 3.09. The van der Waals surface area contributed by atoms with Crippen molar-refractivity contribution >= 4 is 23.2 Å². The maximum absolute atomic E-state index is 12.2. The second-order valence-corrected chi connectivity index (χ2v) is 4.59. The van der Waals surface area contributed by atoms with E-state index in [0.717, 1.165) is 11.3 Å². The quantitative estimate of drug-likeness (QED) is 0.900. The summed E-state index contributed by atoms with van der Waals surface area (Å²) in [6.07, 6.45) is 0.685.